The summed E-state index contributed by atoms with van der Waals surface area (Å²) < 4.78 is 5.47. The highest BCUT2D eigenvalue weighted by Crippen LogP contribution is 2.44. The van der Waals surface area contributed by atoms with Crippen molar-refractivity contribution >= 4 is 23.1 Å². The zero-order chi connectivity index (χ0) is 17.6. The Kier molecular flexibility index (Phi) is 3.99. The molecule has 2 aliphatic rings. The third-order valence-electron chi connectivity index (χ3n) is 5.00. The van der Waals surface area contributed by atoms with Gasteiger partial charge in [-0.3, -0.25) is 4.79 Å². The summed E-state index contributed by atoms with van der Waals surface area (Å²) in [4.78, 5) is 23.6. The molecule has 1 saturated heterocycles. The van der Waals surface area contributed by atoms with Crippen molar-refractivity contribution in [1.29, 1.82) is 0 Å². The van der Waals surface area contributed by atoms with Crippen LogP contribution in [0.25, 0.3) is 10.9 Å². The molecule has 1 aromatic heterocycles. The van der Waals surface area contributed by atoms with Crippen LogP contribution in [0.4, 0.5) is 5.95 Å². The van der Waals surface area contributed by atoms with Gasteiger partial charge in [0.25, 0.3) is 0 Å². The van der Waals surface area contributed by atoms with Gasteiger partial charge in [-0.1, -0.05) is 20.8 Å². The number of fused-ring (bicyclic) bond motifs is 1. The number of rotatable bonds is 3. The fourth-order valence-electron chi connectivity index (χ4n) is 3.52. The van der Waals surface area contributed by atoms with Crippen LogP contribution in [0.3, 0.4) is 0 Å². The number of benzene rings is 1. The van der Waals surface area contributed by atoms with E-state index in [1.807, 2.05) is 12.1 Å². The number of aromatic nitrogens is 2. The van der Waals surface area contributed by atoms with Gasteiger partial charge in [0.05, 0.1) is 24.4 Å². The number of ether oxygens (including phenoxy) is 1. The van der Waals surface area contributed by atoms with Crippen molar-refractivity contribution in [2.75, 3.05) is 31.2 Å². The van der Waals surface area contributed by atoms with Crippen molar-refractivity contribution in [3.63, 3.8) is 0 Å². The SMILES string of the molecule is CC(C)(C)c1nc(N2CCOCC2)nc2c(C3CC3)cc(C=O)cc12. The largest absolute Gasteiger partial charge is 0.378 e. The molecule has 0 spiro atoms. The lowest BCUT2D eigenvalue weighted by atomic mass is 9.87. The number of carbonyl (C=O) groups is 1. The van der Waals surface area contributed by atoms with Crippen molar-refractivity contribution in [2.24, 2.45) is 0 Å². The van der Waals surface area contributed by atoms with Gasteiger partial charge in [0, 0.05) is 29.5 Å². The first-order valence-corrected chi connectivity index (χ1v) is 9.11. The Balaban J connectivity index is 1.97. The second kappa shape index (κ2) is 6.06. The first-order chi connectivity index (χ1) is 12.0. The van der Waals surface area contributed by atoms with E-state index < -0.39 is 0 Å². The molecule has 2 heterocycles. The van der Waals surface area contributed by atoms with E-state index in [1.165, 1.54) is 18.4 Å². The average Bonchev–Trinajstić information content (AvgIpc) is 3.44. The molecule has 2 aromatic rings. The number of hydrogen-bond donors (Lipinski definition) is 0. The van der Waals surface area contributed by atoms with E-state index in [2.05, 4.69) is 25.7 Å². The van der Waals surface area contributed by atoms with Crippen molar-refractivity contribution in [3.8, 4) is 0 Å². The van der Waals surface area contributed by atoms with Gasteiger partial charge in [0.1, 0.15) is 6.29 Å². The fraction of sp³-hybridized carbons (Fsp3) is 0.550. The van der Waals surface area contributed by atoms with Crippen molar-refractivity contribution in [2.45, 2.75) is 44.9 Å². The van der Waals surface area contributed by atoms with Gasteiger partial charge in [-0.2, -0.15) is 0 Å². The van der Waals surface area contributed by atoms with Crippen molar-refractivity contribution in [1.82, 2.24) is 9.97 Å². The van der Waals surface area contributed by atoms with E-state index in [9.17, 15) is 4.79 Å². The van der Waals surface area contributed by atoms with E-state index in [4.69, 9.17) is 14.7 Å². The summed E-state index contributed by atoms with van der Waals surface area (Å²) in [5.74, 6) is 1.32. The molecule has 4 rings (SSSR count). The Labute approximate surface area is 148 Å². The summed E-state index contributed by atoms with van der Waals surface area (Å²) in [6.45, 7) is 9.57. The Morgan fingerprint density at radius 3 is 2.48 bits per heavy atom. The molecule has 1 aliphatic heterocycles. The normalized spacial score (nSPS) is 18.6. The number of carbonyl (C=O) groups excluding carboxylic acids is 1. The lowest BCUT2D eigenvalue weighted by Gasteiger charge is -2.29. The zero-order valence-corrected chi connectivity index (χ0v) is 15.2. The molecule has 0 amide bonds. The zero-order valence-electron chi connectivity index (χ0n) is 15.2. The number of anilines is 1. The third-order valence-corrected chi connectivity index (χ3v) is 5.00. The number of hydrogen-bond acceptors (Lipinski definition) is 5. The van der Waals surface area contributed by atoms with E-state index in [-0.39, 0.29) is 5.41 Å². The van der Waals surface area contributed by atoms with E-state index in [0.29, 0.717) is 19.1 Å². The molecule has 132 valence electrons. The molecule has 0 bridgehead atoms. The molecular formula is C20H25N3O2. The predicted molar refractivity (Wildman–Crippen MR) is 98.6 cm³/mol. The minimum Gasteiger partial charge on any atom is -0.378 e. The lowest BCUT2D eigenvalue weighted by Crippen LogP contribution is -2.37. The molecule has 0 radical (unpaired) electrons. The van der Waals surface area contributed by atoms with Gasteiger partial charge in [0.15, 0.2) is 0 Å². The van der Waals surface area contributed by atoms with Crippen LogP contribution in [0.15, 0.2) is 12.1 Å². The lowest BCUT2D eigenvalue weighted by molar-refractivity contribution is 0.112. The number of morpholine rings is 1. The highest BCUT2D eigenvalue weighted by atomic mass is 16.5. The van der Waals surface area contributed by atoms with Crippen molar-refractivity contribution < 1.29 is 9.53 Å². The summed E-state index contributed by atoms with van der Waals surface area (Å²) in [6.07, 6.45) is 3.30. The molecule has 0 N–H and O–H groups in total. The maximum atomic E-state index is 11.5. The van der Waals surface area contributed by atoms with Crippen molar-refractivity contribution in [3.05, 3.63) is 29.0 Å². The monoisotopic (exact) mass is 339 g/mol. The maximum Gasteiger partial charge on any atom is 0.226 e. The van der Waals surface area contributed by atoms with Gasteiger partial charge < -0.3 is 9.64 Å². The van der Waals surface area contributed by atoms with Crippen LogP contribution in [0.5, 0.6) is 0 Å². The molecule has 0 atom stereocenters. The molecule has 5 heteroatoms. The first-order valence-electron chi connectivity index (χ1n) is 9.11. The molecule has 1 aromatic carbocycles. The summed E-state index contributed by atoms with van der Waals surface area (Å²) in [7, 11) is 0. The first kappa shape index (κ1) is 16.5. The fourth-order valence-corrected chi connectivity index (χ4v) is 3.52. The van der Waals surface area contributed by atoms with E-state index >= 15 is 0 Å². The molecule has 1 aliphatic carbocycles. The Morgan fingerprint density at radius 2 is 1.88 bits per heavy atom. The quantitative estimate of drug-likeness (QED) is 0.802. The Hall–Kier alpha value is -2.01. The smallest absolute Gasteiger partial charge is 0.226 e. The van der Waals surface area contributed by atoms with Crippen LogP contribution in [-0.4, -0.2) is 42.6 Å². The average molecular weight is 339 g/mol. The van der Waals surface area contributed by atoms with Gasteiger partial charge in [-0.25, -0.2) is 9.97 Å². The minimum absolute atomic E-state index is 0.120. The standard InChI is InChI=1S/C20H25N3O2/c1-20(2,3)18-16-11-13(12-24)10-15(14-4-5-14)17(16)21-19(22-18)23-6-8-25-9-7-23/h10-12,14H,4-9H2,1-3H3. The molecule has 25 heavy (non-hydrogen) atoms. The van der Waals surface area contributed by atoms with E-state index in [0.717, 1.165) is 47.5 Å². The van der Waals surface area contributed by atoms with Gasteiger partial charge in [0.2, 0.25) is 5.95 Å². The minimum atomic E-state index is -0.120. The predicted octanol–water partition coefficient (Wildman–Crippen LogP) is 3.45. The van der Waals surface area contributed by atoms with Crippen LogP contribution in [0.1, 0.15) is 61.1 Å². The topological polar surface area (TPSA) is 55.3 Å². The molecule has 1 saturated carbocycles. The van der Waals surface area contributed by atoms with Crippen LogP contribution >= 0.6 is 0 Å². The Bertz CT molecular complexity index is 816. The Morgan fingerprint density at radius 1 is 1.16 bits per heavy atom. The highest BCUT2D eigenvalue weighted by Gasteiger charge is 2.30. The second-order valence-electron chi connectivity index (χ2n) is 8.12. The van der Waals surface area contributed by atoms with Crippen LogP contribution in [0, 0.1) is 0 Å². The van der Waals surface area contributed by atoms with Crippen LogP contribution in [-0.2, 0) is 10.2 Å². The molecule has 5 nitrogen and oxygen atoms in total. The third kappa shape index (κ3) is 3.13. The van der Waals surface area contributed by atoms with Gasteiger partial charge in [-0.05, 0) is 36.5 Å². The summed E-state index contributed by atoms with van der Waals surface area (Å²) in [6, 6.07) is 3.98. The summed E-state index contributed by atoms with van der Waals surface area (Å²) in [5, 5.41) is 1.02. The van der Waals surface area contributed by atoms with Crippen LogP contribution < -0.4 is 4.90 Å². The van der Waals surface area contributed by atoms with Crippen LogP contribution in [0.2, 0.25) is 0 Å². The molecular weight excluding hydrogens is 314 g/mol. The van der Waals surface area contributed by atoms with Gasteiger partial charge >= 0.3 is 0 Å². The van der Waals surface area contributed by atoms with E-state index in [1.54, 1.807) is 0 Å². The maximum absolute atomic E-state index is 11.5. The summed E-state index contributed by atoms with van der Waals surface area (Å²) in [5.41, 5.74) is 3.86. The van der Waals surface area contributed by atoms with Gasteiger partial charge in [-0.15, -0.1) is 0 Å². The highest BCUT2D eigenvalue weighted by molar-refractivity contribution is 5.92. The second-order valence-corrected chi connectivity index (χ2v) is 8.12. The summed E-state index contributed by atoms with van der Waals surface area (Å²) >= 11 is 0. The number of aldehydes is 1. The molecule has 2 fully saturated rings. The molecule has 0 unspecified atom stereocenters. The number of nitrogens with zero attached hydrogens (tertiary/aromatic N) is 3.